The molecule has 8 aromatic rings. The van der Waals surface area contributed by atoms with Crippen LogP contribution in [0.4, 0.5) is 0 Å². The SMILES string of the molecule is c1ccc(-c2nc3ccccn3c2-c2ccc(-c3cc(-c4ccc5ccccc5c4)cc(-c4ccccn4)c3)cc2)cc1. The van der Waals surface area contributed by atoms with E-state index >= 15 is 0 Å². The molecule has 3 heteroatoms. The lowest BCUT2D eigenvalue weighted by Crippen LogP contribution is -1.90. The molecule has 0 aliphatic heterocycles. The fourth-order valence-electron chi connectivity index (χ4n) is 5.90. The van der Waals surface area contributed by atoms with Gasteiger partial charge < -0.3 is 0 Å². The van der Waals surface area contributed by atoms with Crippen molar-refractivity contribution in [3.05, 3.63) is 164 Å². The predicted octanol–water partition coefficient (Wildman–Crippen LogP) is 10.2. The van der Waals surface area contributed by atoms with Crippen molar-refractivity contribution in [2.24, 2.45) is 0 Å². The quantitative estimate of drug-likeness (QED) is 0.214. The Balaban J connectivity index is 1.25. The summed E-state index contributed by atoms with van der Waals surface area (Å²) in [6, 6.07) is 53.4. The zero-order chi connectivity index (χ0) is 28.6. The minimum atomic E-state index is 0.934. The van der Waals surface area contributed by atoms with Gasteiger partial charge in [0.25, 0.3) is 0 Å². The molecule has 0 N–H and O–H groups in total. The molecular formula is C40H27N3. The fourth-order valence-corrected chi connectivity index (χ4v) is 5.90. The number of benzene rings is 5. The maximum atomic E-state index is 5.01. The second kappa shape index (κ2) is 10.6. The third-order valence-electron chi connectivity index (χ3n) is 8.05. The van der Waals surface area contributed by atoms with Crippen molar-refractivity contribution in [1.29, 1.82) is 0 Å². The lowest BCUT2D eigenvalue weighted by molar-refractivity contribution is 1.19. The van der Waals surface area contributed by atoms with Gasteiger partial charge in [0.15, 0.2) is 0 Å². The first kappa shape index (κ1) is 25.0. The van der Waals surface area contributed by atoms with Crippen molar-refractivity contribution >= 4 is 16.4 Å². The van der Waals surface area contributed by atoms with Gasteiger partial charge in [-0.1, -0.05) is 103 Å². The highest BCUT2D eigenvalue weighted by Gasteiger charge is 2.16. The highest BCUT2D eigenvalue weighted by molar-refractivity contribution is 5.89. The van der Waals surface area contributed by atoms with Crippen molar-refractivity contribution in [2.75, 3.05) is 0 Å². The van der Waals surface area contributed by atoms with Crippen molar-refractivity contribution in [3.63, 3.8) is 0 Å². The zero-order valence-corrected chi connectivity index (χ0v) is 23.4. The molecule has 0 saturated heterocycles. The average molecular weight is 550 g/mol. The maximum Gasteiger partial charge on any atom is 0.137 e. The normalized spacial score (nSPS) is 11.3. The highest BCUT2D eigenvalue weighted by atomic mass is 15.0. The predicted molar refractivity (Wildman–Crippen MR) is 178 cm³/mol. The molecule has 3 heterocycles. The van der Waals surface area contributed by atoms with E-state index in [0.29, 0.717) is 0 Å². The minimum absolute atomic E-state index is 0.934. The van der Waals surface area contributed by atoms with Crippen molar-refractivity contribution < 1.29 is 0 Å². The van der Waals surface area contributed by atoms with E-state index in [-0.39, 0.29) is 0 Å². The lowest BCUT2D eigenvalue weighted by Gasteiger charge is -2.12. The van der Waals surface area contributed by atoms with Gasteiger partial charge in [-0.15, -0.1) is 0 Å². The van der Waals surface area contributed by atoms with Gasteiger partial charge in [0, 0.05) is 29.1 Å². The van der Waals surface area contributed by atoms with Crippen LogP contribution in [-0.2, 0) is 0 Å². The zero-order valence-electron chi connectivity index (χ0n) is 23.4. The number of pyridine rings is 2. The summed E-state index contributed by atoms with van der Waals surface area (Å²) in [5, 5.41) is 2.47. The average Bonchev–Trinajstić information content (AvgIpc) is 3.48. The standard InChI is InChI=1S/C40H27N3/c1-2-11-30(12-3-1)39-40(43-23-9-7-15-38(43)42-39)31-19-16-29(17-20-31)34-25-35(27-36(26-34)37-14-6-8-22-41-37)33-21-18-28-10-4-5-13-32(28)24-33/h1-27H. The number of hydrogen-bond donors (Lipinski definition) is 0. The van der Waals surface area contributed by atoms with Gasteiger partial charge in [0.2, 0.25) is 0 Å². The minimum Gasteiger partial charge on any atom is -0.299 e. The van der Waals surface area contributed by atoms with Crippen LogP contribution >= 0.6 is 0 Å². The number of aromatic nitrogens is 3. The third kappa shape index (κ3) is 4.67. The van der Waals surface area contributed by atoms with Crippen LogP contribution in [-0.4, -0.2) is 14.4 Å². The molecule has 0 unspecified atom stereocenters. The van der Waals surface area contributed by atoms with Crippen molar-refractivity contribution in [3.8, 4) is 56.0 Å². The Morgan fingerprint density at radius 2 is 1.09 bits per heavy atom. The number of imidazole rings is 1. The molecule has 0 bridgehead atoms. The highest BCUT2D eigenvalue weighted by Crippen LogP contribution is 2.36. The summed E-state index contributed by atoms with van der Waals surface area (Å²) < 4.78 is 2.18. The number of fused-ring (bicyclic) bond motifs is 2. The van der Waals surface area contributed by atoms with Gasteiger partial charge in [0.1, 0.15) is 5.65 Å². The van der Waals surface area contributed by atoms with Crippen LogP contribution in [0.25, 0.3) is 72.4 Å². The molecule has 0 amide bonds. The fraction of sp³-hybridized carbons (Fsp3) is 0. The molecule has 0 spiro atoms. The lowest BCUT2D eigenvalue weighted by atomic mass is 9.93. The largest absolute Gasteiger partial charge is 0.299 e. The molecular weight excluding hydrogens is 522 g/mol. The van der Waals surface area contributed by atoms with Crippen molar-refractivity contribution in [2.45, 2.75) is 0 Å². The Kier molecular flexibility index (Phi) is 6.12. The second-order valence-electron chi connectivity index (χ2n) is 10.8. The van der Waals surface area contributed by atoms with Crippen LogP contribution in [0.5, 0.6) is 0 Å². The second-order valence-corrected chi connectivity index (χ2v) is 10.8. The van der Waals surface area contributed by atoms with E-state index in [1.54, 1.807) is 0 Å². The molecule has 0 aliphatic rings. The summed E-state index contributed by atoms with van der Waals surface area (Å²) in [4.78, 5) is 9.68. The van der Waals surface area contributed by atoms with E-state index in [0.717, 1.165) is 50.5 Å². The number of rotatable bonds is 5. The molecule has 0 atom stereocenters. The molecule has 202 valence electrons. The van der Waals surface area contributed by atoms with Gasteiger partial charge in [-0.05, 0) is 81.6 Å². The monoisotopic (exact) mass is 549 g/mol. The summed E-state index contributed by atoms with van der Waals surface area (Å²) in [5.74, 6) is 0. The molecule has 8 rings (SSSR count). The summed E-state index contributed by atoms with van der Waals surface area (Å²) in [6.07, 6.45) is 3.94. The van der Waals surface area contributed by atoms with Crippen LogP contribution in [0.15, 0.2) is 164 Å². The van der Waals surface area contributed by atoms with Gasteiger partial charge in [-0.25, -0.2) is 4.98 Å². The van der Waals surface area contributed by atoms with Gasteiger partial charge >= 0.3 is 0 Å². The summed E-state index contributed by atoms with van der Waals surface area (Å²) in [7, 11) is 0. The first-order valence-electron chi connectivity index (χ1n) is 14.5. The molecule has 3 aromatic heterocycles. The Bertz CT molecular complexity index is 2210. The van der Waals surface area contributed by atoms with Crippen LogP contribution in [0, 0.1) is 0 Å². The topological polar surface area (TPSA) is 30.2 Å². The molecule has 3 nitrogen and oxygen atoms in total. The smallest absolute Gasteiger partial charge is 0.137 e. The van der Waals surface area contributed by atoms with Crippen LogP contribution in [0.1, 0.15) is 0 Å². The van der Waals surface area contributed by atoms with Crippen molar-refractivity contribution in [1.82, 2.24) is 14.4 Å². The van der Waals surface area contributed by atoms with E-state index in [2.05, 4.69) is 143 Å². The van der Waals surface area contributed by atoms with E-state index < -0.39 is 0 Å². The molecule has 0 radical (unpaired) electrons. The van der Waals surface area contributed by atoms with Crippen LogP contribution < -0.4 is 0 Å². The van der Waals surface area contributed by atoms with Gasteiger partial charge in [0.05, 0.1) is 17.1 Å². The Labute approximate surface area is 250 Å². The molecule has 0 fully saturated rings. The van der Waals surface area contributed by atoms with Crippen LogP contribution in [0.2, 0.25) is 0 Å². The first-order valence-corrected chi connectivity index (χ1v) is 14.5. The Hall–Kier alpha value is -5.80. The summed E-state index contributed by atoms with van der Waals surface area (Å²) in [6.45, 7) is 0. The molecule has 0 aliphatic carbocycles. The summed E-state index contributed by atoms with van der Waals surface area (Å²) in [5.41, 5.74) is 11.9. The van der Waals surface area contributed by atoms with Crippen LogP contribution in [0.3, 0.4) is 0 Å². The van der Waals surface area contributed by atoms with Gasteiger partial charge in [-0.2, -0.15) is 0 Å². The molecule has 0 saturated carbocycles. The van der Waals surface area contributed by atoms with Gasteiger partial charge in [-0.3, -0.25) is 9.38 Å². The third-order valence-corrected chi connectivity index (χ3v) is 8.05. The Morgan fingerprint density at radius 3 is 1.91 bits per heavy atom. The van der Waals surface area contributed by atoms with E-state index in [4.69, 9.17) is 4.98 Å². The Morgan fingerprint density at radius 1 is 0.419 bits per heavy atom. The van der Waals surface area contributed by atoms with E-state index in [9.17, 15) is 0 Å². The number of hydrogen-bond acceptors (Lipinski definition) is 2. The summed E-state index contributed by atoms with van der Waals surface area (Å²) >= 11 is 0. The van der Waals surface area contributed by atoms with E-state index in [1.165, 1.54) is 21.9 Å². The molecule has 43 heavy (non-hydrogen) atoms. The van der Waals surface area contributed by atoms with E-state index in [1.807, 2.05) is 30.5 Å². The first-order chi connectivity index (χ1) is 21.3. The number of nitrogens with zero attached hydrogens (tertiary/aromatic N) is 3. The molecule has 5 aromatic carbocycles. The maximum absolute atomic E-state index is 5.01.